The molecule has 5 nitrogen and oxygen atoms in total. The zero-order valence-electron chi connectivity index (χ0n) is 17.6. The van der Waals surface area contributed by atoms with Crippen LogP contribution in [0.5, 0.6) is 5.75 Å². The molecular weight excluding hydrogens is 364 g/mol. The van der Waals surface area contributed by atoms with E-state index in [1.165, 1.54) is 5.56 Å². The number of hydrogen-bond donors (Lipinski definition) is 3. The lowest BCUT2D eigenvalue weighted by Gasteiger charge is -2.19. The predicted molar refractivity (Wildman–Crippen MR) is 117 cm³/mol. The number of primary amides is 1. The van der Waals surface area contributed by atoms with Crippen LogP contribution < -0.4 is 15.8 Å². The first kappa shape index (κ1) is 22.9. The molecule has 2 atom stereocenters. The minimum Gasteiger partial charge on any atom is -0.493 e. The molecule has 2 aromatic rings. The number of amides is 1. The summed E-state index contributed by atoms with van der Waals surface area (Å²) in [4.78, 5) is 11.8. The lowest BCUT2D eigenvalue weighted by atomic mass is 10.0. The summed E-state index contributed by atoms with van der Waals surface area (Å²) in [6.07, 6.45) is 4.37. The second kappa shape index (κ2) is 12.2. The number of benzene rings is 2. The molecule has 1 amide bonds. The van der Waals surface area contributed by atoms with Gasteiger partial charge in [-0.05, 0) is 49.4 Å². The van der Waals surface area contributed by atoms with E-state index in [1.807, 2.05) is 18.2 Å². The van der Waals surface area contributed by atoms with E-state index >= 15 is 0 Å². The fraction of sp³-hybridized carbons (Fsp3) is 0.458. The Balaban J connectivity index is 1.87. The molecule has 0 bridgehead atoms. The van der Waals surface area contributed by atoms with E-state index in [2.05, 4.69) is 31.3 Å². The van der Waals surface area contributed by atoms with Crippen molar-refractivity contribution in [2.24, 2.45) is 5.73 Å². The Bertz CT molecular complexity index is 749. The second-order valence-electron chi connectivity index (χ2n) is 7.52. The quantitative estimate of drug-likeness (QED) is 0.445. The largest absolute Gasteiger partial charge is 0.493 e. The molecule has 0 aromatic heterocycles. The van der Waals surface area contributed by atoms with Gasteiger partial charge >= 0.3 is 0 Å². The summed E-state index contributed by atoms with van der Waals surface area (Å²) in [6.45, 7) is 5.20. The van der Waals surface area contributed by atoms with E-state index in [0.717, 1.165) is 32.1 Å². The van der Waals surface area contributed by atoms with Crippen LogP contribution in [0, 0.1) is 0 Å². The summed E-state index contributed by atoms with van der Waals surface area (Å²) in [6, 6.07) is 15.8. The molecule has 0 saturated carbocycles. The van der Waals surface area contributed by atoms with Crippen LogP contribution in [0.2, 0.25) is 0 Å². The van der Waals surface area contributed by atoms with Gasteiger partial charge < -0.3 is 20.9 Å². The van der Waals surface area contributed by atoms with Gasteiger partial charge in [0.1, 0.15) is 5.75 Å². The number of aliphatic hydroxyl groups is 1. The summed E-state index contributed by atoms with van der Waals surface area (Å²) >= 11 is 0. The molecule has 0 heterocycles. The average Bonchev–Trinajstić information content (AvgIpc) is 2.74. The van der Waals surface area contributed by atoms with E-state index in [9.17, 15) is 9.90 Å². The van der Waals surface area contributed by atoms with Crippen molar-refractivity contribution < 1.29 is 14.6 Å². The fourth-order valence-electron chi connectivity index (χ4n) is 3.17. The highest BCUT2D eigenvalue weighted by atomic mass is 16.5. The zero-order chi connectivity index (χ0) is 21.1. The first-order valence-corrected chi connectivity index (χ1v) is 10.5. The number of rotatable bonds is 13. The second-order valence-corrected chi connectivity index (χ2v) is 7.52. The number of nitrogens with one attached hydrogen (secondary N) is 1. The molecule has 0 aliphatic carbocycles. The highest BCUT2D eigenvalue weighted by Crippen LogP contribution is 2.24. The Morgan fingerprint density at radius 2 is 1.93 bits per heavy atom. The van der Waals surface area contributed by atoms with Crippen molar-refractivity contribution >= 4 is 5.91 Å². The van der Waals surface area contributed by atoms with Crippen molar-refractivity contribution in [2.45, 2.75) is 58.1 Å². The Morgan fingerprint density at radius 3 is 2.62 bits per heavy atom. The summed E-state index contributed by atoms with van der Waals surface area (Å²) in [5, 5.41) is 13.9. The van der Waals surface area contributed by atoms with Gasteiger partial charge in [0.25, 0.3) is 5.91 Å². The number of aryl methyl sites for hydroxylation is 1. The predicted octanol–water partition coefficient (Wildman–Crippen LogP) is 4.00. The van der Waals surface area contributed by atoms with E-state index in [-0.39, 0.29) is 6.04 Å². The summed E-state index contributed by atoms with van der Waals surface area (Å²) < 4.78 is 5.71. The maximum absolute atomic E-state index is 11.8. The summed E-state index contributed by atoms with van der Waals surface area (Å²) in [7, 11) is 0. The molecular formula is C24H34N2O3. The lowest BCUT2D eigenvalue weighted by molar-refractivity contribution is 0.0995. The van der Waals surface area contributed by atoms with Crippen LogP contribution in [0.3, 0.4) is 0 Å². The molecule has 0 radical (unpaired) electrons. The molecule has 0 saturated heterocycles. The van der Waals surface area contributed by atoms with Gasteiger partial charge in [-0.15, -0.1) is 0 Å². The van der Waals surface area contributed by atoms with Gasteiger partial charge in [-0.25, -0.2) is 0 Å². The standard InChI is InChI=1S/C24H34N2O3/c1-3-4-8-15-29-23-14-13-20(16-21(23)24(25)28)22(27)17-26-18(2)11-12-19-9-6-5-7-10-19/h5-7,9-10,13-14,16,18,22,26-27H,3-4,8,11-12,15,17H2,1-2H3,(H2,25,28). The van der Waals surface area contributed by atoms with Crippen molar-refractivity contribution in [3.63, 3.8) is 0 Å². The summed E-state index contributed by atoms with van der Waals surface area (Å²) in [5.41, 5.74) is 7.79. The van der Waals surface area contributed by atoms with Crippen molar-refractivity contribution in [3.05, 3.63) is 65.2 Å². The van der Waals surface area contributed by atoms with Gasteiger partial charge in [0, 0.05) is 12.6 Å². The molecule has 29 heavy (non-hydrogen) atoms. The molecule has 0 aliphatic heterocycles. The number of carbonyl (C=O) groups is 1. The molecule has 2 unspecified atom stereocenters. The zero-order valence-corrected chi connectivity index (χ0v) is 17.6. The smallest absolute Gasteiger partial charge is 0.252 e. The minimum absolute atomic E-state index is 0.265. The minimum atomic E-state index is -0.721. The highest BCUT2D eigenvalue weighted by molar-refractivity contribution is 5.95. The number of nitrogens with two attached hydrogens (primary N) is 1. The molecule has 0 spiro atoms. The number of unbranched alkanes of at least 4 members (excludes halogenated alkanes) is 2. The normalized spacial score (nSPS) is 13.1. The van der Waals surface area contributed by atoms with Gasteiger partial charge in [-0.3, -0.25) is 4.79 Å². The van der Waals surface area contributed by atoms with Crippen LogP contribution in [0.4, 0.5) is 0 Å². The van der Waals surface area contributed by atoms with Crippen molar-refractivity contribution in [1.29, 1.82) is 0 Å². The molecule has 158 valence electrons. The number of aliphatic hydroxyl groups excluding tert-OH is 1. The molecule has 5 heteroatoms. The van der Waals surface area contributed by atoms with Crippen molar-refractivity contribution in [1.82, 2.24) is 5.32 Å². The third kappa shape index (κ3) is 7.87. The third-order valence-corrected chi connectivity index (χ3v) is 5.03. The molecule has 2 rings (SSSR count). The van der Waals surface area contributed by atoms with Crippen LogP contribution in [0.15, 0.2) is 48.5 Å². The van der Waals surface area contributed by atoms with E-state index in [4.69, 9.17) is 10.5 Å². The monoisotopic (exact) mass is 398 g/mol. The first-order valence-electron chi connectivity index (χ1n) is 10.5. The van der Waals surface area contributed by atoms with E-state index < -0.39 is 12.0 Å². The van der Waals surface area contributed by atoms with Crippen LogP contribution in [-0.4, -0.2) is 30.2 Å². The highest BCUT2D eigenvalue weighted by Gasteiger charge is 2.15. The maximum Gasteiger partial charge on any atom is 0.252 e. The SMILES string of the molecule is CCCCCOc1ccc(C(O)CNC(C)CCc2ccccc2)cc1C(N)=O. The van der Waals surface area contributed by atoms with E-state index in [0.29, 0.717) is 30.0 Å². The number of ether oxygens (including phenoxy) is 1. The maximum atomic E-state index is 11.8. The molecule has 0 fully saturated rings. The summed E-state index contributed by atoms with van der Waals surface area (Å²) in [5.74, 6) is -0.0672. The topological polar surface area (TPSA) is 84.6 Å². The Kier molecular flexibility index (Phi) is 9.68. The van der Waals surface area contributed by atoms with Gasteiger partial charge in [-0.1, -0.05) is 56.2 Å². The van der Waals surface area contributed by atoms with Gasteiger partial charge in [0.2, 0.25) is 0 Å². The van der Waals surface area contributed by atoms with Crippen molar-refractivity contribution in [3.8, 4) is 5.75 Å². The van der Waals surface area contributed by atoms with Crippen molar-refractivity contribution in [2.75, 3.05) is 13.2 Å². The first-order chi connectivity index (χ1) is 14.0. The van der Waals surface area contributed by atoms with E-state index in [1.54, 1.807) is 18.2 Å². The molecule has 0 aliphatic rings. The van der Waals surface area contributed by atoms with Crippen LogP contribution >= 0.6 is 0 Å². The van der Waals surface area contributed by atoms with Gasteiger partial charge in [0.15, 0.2) is 0 Å². The van der Waals surface area contributed by atoms with Gasteiger partial charge in [0.05, 0.1) is 18.3 Å². The fourth-order valence-corrected chi connectivity index (χ4v) is 3.17. The number of carbonyl (C=O) groups excluding carboxylic acids is 1. The molecule has 4 N–H and O–H groups in total. The Morgan fingerprint density at radius 1 is 1.17 bits per heavy atom. The Hall–Kier alpha value is -2.37. The van der Waals surface area contributed by atoms with Gasteiger partial charge in [-0.2, -0.15) is 0 Å². The lowest BCUT2D eigenvalue weighted by Crippen LogP contribution is -2.31. The average molecular weight is 399 g/mol. The van der Waals surface area contributed by atoms with Crippen LogP contribution in [0.25, 0.3) is 0 Å². The molecule has 2 aromatic carbocycles. The third-order valence-electron chi connectivity index (χ3n) is 5.03. The Labute approximate surface area is 174 Å². The van der Waals surface area contributed by atoms with Crippen LogP contribution in [0.1, 0.15) is 67.1 Å². The number of hydrogen-bond acceptors (Lipinski definition) is 4. The van der Waals surface area contributed by atoms with Crippen LogP contribution in [-0.2, 0) is 6.42 Å².